The number of hydrogen-bond acceptors (Lipinski definition) is 3. The summed E-state index contributed by atoms with van der Waals surface area (Å²) in [6.45, 7) is 2.53. The van der Waals surface area contributed by atoms with E-state index in [2.05, 4.69) is 17.3 Å². The third-order valence-electron chi connectivity index (χ3n) is 2.33. The van der Waals surface area contributed by atoms with E-state index in [1.165, 1.54) is 10.9 Å². The van der Waals surface area contributed by atoms with Crippen molar-refractivity contribution in [1.82, 2.24) is 14.9 Å². The summed E-state index contributed by atoms with van der Waals surface area (Å²) in [5.41, 5.74) is 0.556. The van der Waals surface area contributed by atoms with Gasteiger partial charge in [0.2, 0.25) is 0 Å². The average Bonchev–Trinajstić information content (AvgIpc) is 2.51. The molecule has 16 heavy (non-hydrogen) atoms. The van der Waals surface area contributed by atoms with Gasteiger partial charge in [0.25, 0.3) is 0 Å². The van der Waals surface area contributed by atoms with E-state index < -0.39 is 11.9 Å². The van der Waals surface area contributed by atoms with Gasteiger partial charge >= 0.3 is 5.97 Å². The van der Waals surface area contributed by atoms with E-state index in [0.717, 1.165) is 0 Å². The number of nitrogens with zero attached hydrogens (tertiary/aromatic N) is 2. The topological polar surface area (TPSA) is 67.2 Å². The first-order chi connectivity index (χ1) is 7.06. The van der Waals surface area contributed by atoms with Crippen molar-refractivity contribution in [1.29, 1.82) is 0 Å². The Bertz CT molecular complexity index is 341. The summed E-state index contributed by atoms with van der Waals surface area (Å²) in [4.78, 5) is 15.2. The Morgan fingerprint density at radius 3 is 2.75 bits per heavy atom. The Balaban J connectivity index is 0.00000225. The van der Waals surface area contributed by atoms with E-state index >= 15 is 0 Å². The summed E-state index contributed by atoms with van der Waals surface area (Å²) in [6, 6.07) is 0. The molecule has 0 aromatic carbocycles. The van der Waals surface area contributed by atoms with Crippen LogP contribution >= 0.6 is 0 Å². The van der Waals surface area contributed by atoms with Crippen LogP contribution in [0.25, 0.3) is 0 Å². The molecule has 0 spiro atoms. The van der Waals surface area contributed by atoms with E-state index in [-0.39, 0.29) is 38.6 Å². The van der Waals surface area contributed by atoms with Crippen molar-refractivity contribution < 1.29 is 42.6 Å². The SMILES string of the molecule is [CH2-]n1cnc(C(C(=O)O)C(C)CNC)c1.[Y]. The van der Waals surface area contributed by atoms with E-state index in [0.29, 0.717) is 12.2 Å². The zero-order valence-electron chi connectivity index (χ0n) is 9.55. The Kier molecular flexibility index (Phi) is 6.87. The van der Waals surface area contributed by atoms with Crippen LogP contribution in [0.15, 0.2) is 12.5 Å². The van der Waals surface area contributed by atoms with Gasteiger partial charge in [0.1, 0.15) is 0 Å². The van der Waals surface area contributed by atoms with E-state index in [4.69, 9.17) is 5.11 Å². The number of carboxylic acid groups (broad SMARTS) is 1. The fourth-order valence-electron chi connectivity index (χ4n) is 1.64. The largest absolute Gasteiger partial charge is 0.481 e. The summed E-state index contributed by atoms with van der Waals surface area (Å²) in [5, 5.41) is 12.1. The predicted octanol–water partition coefficient (Wildman–Crippen LogP) is 0.544. The number of aromatic nitrogens is 2. The molecule has 2 unspecified atom stereocenters. The third-order valence-corrected chi connectivity index (χ3v) is 2.33. The quantitative estimate of drug-likeness (QED) is 0.779. The standard InChI is InChI=1S/C10H16N3O2.Y/c1-7(4-11-2)9(10(14)15)8-5-13(3)6-12-8;/h5-7,9,11H,3-4H2,1-2H3,(H,14,15);/q-1;. The minimum Gasteiger partial charge on any atom is -0.481 e. The average molecular weight is 299 g/mol. The van der Waals surface area contributed by atoms with Gasteiger partial charge < -0.3 is 20.0 Å². The molecule has 5 nitrogen and oxygen atoms in total. The molecular formula is C10H16N3O2Y-. The fourth-order valence-corrected chi connectivity index (χ4v) is 1.64. The van der Waals surface area contributed by atoms with Gasteiger partial charge in [0, 0.05) is 38.4 Å². The van der Waals surface area contributed by atoms with Gasteiger partial charge in [-0.25, -0.2) is 0 Å². The van der Waals surface area contributed by atoms with Crippen LogP contribution in [0.3, 0.4) is 0 Å². The molecule has 1 aromatic heterocycles. The Morgan fingerprint density at radius 1 is 1.75 bits per heavy atom. The van der Waals surface area contributed by atoms with Crippen molar-refractivity contribution in [2.24, 2.45) is 5.92 Å². The Labute approximate surface area is 121 Å². The summed E-state index contributed by atoms with van der Waals surface area (Å²) < 4.78 is 1.51. The molecular weight excluding hydrogens is 283 g/mol. The molecule has 0 fully saturated rings. The van der Waals surface area contributed by atoms with Gasteiger partial charge in [-0.2, -0.15) is 0 Å². The maximum absolute atomic E-state index is 11.1. The van der Waals surface area contributed by atoms with E-state index in [1.54, 1.807) is 13.2 Å². The van der Waals surface area contributed by atoms with Crippen LogP contribution in [0.4, 0.5) is 0 Å². The van der Waals surface area contributed by atoms with Crippen LogP contribution in [-0.4, -0.2) is 34.2 Å². The van der Waals surface area contributed by atoms with Crippen LogP contribution in [0, 0.1) is 13.0 Å². The molecule has 0 aliphatic heterocycles. The van der Waals surface area contributed by atoms with Crippen molar-refractivity contribution in [3.8, 4) is 0 Å². The van der Waals surface area contributed by atoms with Crippen LogP contribution in [0.5, 0.6) is 0 Å². The fraction of sp³-hybridized carbons (Fsp3) is 0.500. The summed E-state index contributed by atoms with van der Waals surface area (Å²) in [7, 11) is 5.43. The van der Waals surface area contributed by atoms with Crippen molar-refractivity contribution in [3.63, 3.8) is 0 Å². The second kappa shape index (κ2) is 7.04. The molecule has 0 aliphatic carbocycles. The van der Waals surface area contributed by atoms with Gasteiger partial charge in [-0.3, -0.25) is 4.79 Å². The number of aliphatic carboxylic acids is 1. The monoisotopic (exact) mass is 299 g/mol. The van der Waals surface area contributed by atoms with Crippen molar-refractivity contribution in [2.45, 2.75) is 12.8 Å². The molecule has 0 bridgehead atoms. The zero-order chi connectivity index (χ0) is 11.4. The van der Waals surface area contributed by atoms with E-state index in [9.17, 15) is 4.79 Å². The first-order valence-corrected chi connectivity index (χ1v) is 4.78. The molecule has 0 aliphatic rings. The molecule has 6 heteroatoms. The second-order valence-corrected chi connectivity index (χ2v) is 3.66. The van der Waals surface area contributed by atoms with Crippen molar-refractivity contribution in [3.05, 3.63) is 25.3 Å². The number of carboxylic acids is 1. The molecule has 1 aromatic rings. The second-order valence-electron chi connectivity index (χ2n) is 3.66. The number of nitrogens with one attached hydrogen (secondary N) is 1. The van der Waals surface area contributed by atoms with Crippen LogP contribution in [-0.2, 0) is 37.5 Å². The molecule has 2 atom stereocenters. The van der Waals surface area contributed by atoms with Gasteiger partial charge in [0.15, 0.2) is 0 Å². The summed E-state index contributed by atoms with van der Waals surface area (Å²) in [5.74, 6) is -1.45. The van der Waals surface area contributed by atoms with E-state index in [1.807, 2.05) is 6.92 Å². The normalized spacial score (nSPS) is 13.9. The van der Waals surface area contributed by atoms with Crippen LogP contribution in [0.2, 0.25) is 0 Å². The minimum atomic E-state index is -0.851. The van der Waals surface area contributed by atoms with Crippen molar-refractivity contribution >= 4 is 5.97 Å². The number of rotatable bonds is 5. The van der Waals surface area contributed by atoms with Gasteiger partial charge in [-0.05, 0) is 25.8 Å². The number of carbonyl (C=O) groups is 1. The third kappa shape index (κ3) is 3.88. The number of hydrogen-bond donors (Lipinski definition) is 2. The molecule has 0 saturated heterocycles. The molecule has 0 amide bonds. The van der Waals surface area contributed by atoms with Crippen molar-refractivity contribution in [2.75, 3.05) is 13.6 Å². The Hall–Kier alpha value is -0.386. The molecule has 2 N–H and O–H groups in total. The number of imidazole rings is 1. The molecule has 0 saturated carbocycles. The molecule has 1 radical (unpaired) electrons. The van der Waals surface area contributed by atoms with Crippen LogP contribution in [0.1, 0.15) is 18.5 Å². The Morgan fingerprint density at radius 2 is 2.38 bits per heavy atom. The maximum Gasteiger partial charge on any atom is 0.311 e. The van der Waals surface area contributed by atoms with Crippen LogP contribution < -0.4 is 5.32 Å². The van der Waals surface area contributed by atoms with Gasteiger partial charge in [0.05, 0.1) is 5.92 Å². The minimum absolute atomic E-state index is 0. The summed E-state index contributed by atoms with van der Waals surface area (Å²) in [6.07, 6.45) is 3.16. The van der Waals surface area contributed by atoms with Gasteiger partial charge in [-0.1, -0.05) is 13.1 Å². The predicted molar refractivity (Wildman–Crippen MR) is 56.4 cm³/mol. The smallest absolute Gasteiger partial charge is 0.311 e. The molecule has 1 rings (SSSR count). The summed E-state index contributed by atoms with van der Waals surface area (Å²) >= 11 is 0. The first-order valence-electron chi connectivity index (χ1n) is 4.78. The zero-order valence-corrected chi connectivity index (χ0v) is 12.4. The first kappa shape index (κ1) is 15.6. The molecule has 1 heterocycles. The van der Waals surface area contributed by atoms with Gasteiger partial charge in [-0.15, -0.1) is 7.05 Å². The molecule has 87 valence electrons. The maximum atomic E-state index is 11.1.